The Kier molecular flexibility index (Phi) is 5.26. The van der Waals surface area contributed by atoms with Crippen molar-refractivity contribution < 1.29 is 19.8 Å². The van der Waals surface area contributed by atoms with E-state index in [1.165, 1.54) is 6.20 Å². The second-order valence-electron chi connectivity index (χ2n) is 5.88. The maximum absolute atomic E-state index is 12.3. The van der Waals surface area contributed by atoms with Crippen molar-refractivity contribution in [2.75, 3.05) is 19.6 Å². The number of nitrogens with one attached hydrogen (secondary N) is 1. The van der Waals surface area contributed by atoms with Crippen LogP contribution in [0, 0.1) is 0 Å². The Labute approximate surface area is 149 Å². The first kappa shape index (κ1) is 17.6. The Hall–Kier alpha value is -3.23. The van der Waals surface area contributed by atoms with E-state index in [0.717, 1.165) is 13.0 Å². The number of nitrogens with zero attached hydrogens (tertiary/aromatic N) is 4. The molecule has 0 saturated carbocycles. The molecule has 0 aliphatic carbocycles. The molecular formula is C17H19N5O4. The van der Waals surface area contributed by atoms with E-state index >= 15 is 0 Å². The Morgan fingerprint density at radius 2 is 2.12 bits per heavy atom. The minimum atomic E-state index is -0.687. The van der Waals surface area contributed by atoms with Crippen molar-refractivity contribution in [3.63, 3.8) is 0 Å². The average Bonchev–Trinajstić information content (AvgIpc) is 3.06. The van der Waals surface area contributed by atoms with Crippen LogP contribution in [0.4, 0.5) is 0 Å². The van der Waals surface area contributed by atoms with Crippen LogP contribution in [0.25, 0.3) is 11.5 Å². The zero-order valence-electron chi connectivity index (χ0n) is 14.1. The van der Waals surface area contributed by atoms with Crippen molar-refractivity contribution in [3.05, 3.63) is 30.1 Å². The van der Waals surface area contributed by atoms with E-state index in [-0.39, 0.29) is 17.4 Å². The zero-order valence-corrected chi connectivity index (χ0v) is 14.1. The molecule has 1 aliphatic heterocycles. The minimum Gasteiger partial charge on any atom is -0.501 e. The van der Waals surface area contributed by atoms with Crippen molar-refractivity contribution >= 4 is 11.8 Å². The van der Waals surface area contributed by atoms with E-state index in [0.29, 0.717) is 31.6 Å². The second-order valence-corrected chi connectivity index (χ2v) is 5.88. The fourth-order valence-corrected chi connectivity index (χ4v) is 2.71. The fraction of sp³-hybridized carbons (Fsp3) is 0.353. The number of aromatic hydroxyl groups is 2. The molecule has 3 heterocycles. The molecule has 9 heteroatoms. The number of hydrogen-bond donors (Lipinski definition) is 3. The molecule has 1 fully saturated rings. The summed E-state index contributed by atoms with van der Waals surface area (Å²) in [6.07, 6.45) is 3.57. The minimum absolute atomic E-state index is 0.0358. The molecule has 3 rings (SSSR count). The van der Waals surface area contributed by atoms with Crippen molar-refractivity contribution in [1.29, 1.82) is 0 Å². The highest BCUT2D eigenvalue weighted by molar-refractivity contribution is 5.95. The summed E-state index contributed by atoms with van der Waals surface area (Å²) >= 11 is 0. The summed E-state index contributed by atoms with van der Waals surface area (Å²) in [5.74, 6) is -1.83. The standard InChI is InChI=1S/C17H19N5O4/c23-12-6-3-9-22(12)10-4-8-19-16(25)13-14(24)17(26)21-15(20-13)11-5-1-2-7-18-11/h1-2,5,7,24H,3-4,6,8-10H2,(H,19,25)(H,20,21,26). The third kappa shape index (κ3) is 3.88. The van der Waals surface area contributed by atoms with Crippen LogP contribution in [0.1, 0.15) is 29.8 Å². The van der Waals surface area contributed by atoms with Crippen LogP contribution >= 0.6 is 0 Å². The SMILES string of the molecule is O=C(NCCCN1CCCC1=O)c1nc(-c2ccccn2)nc(O)c1O. The molecule has 0 radical (unpaired) electrons. The van der Waals surface area contributed by atoms with E-state index in [1.807, 2.05) is 0 Å². The Balaban J connectivity index is 1.65. The lowest BCUT2D eigenvalue weighted by Crippen LogP contribution is -2.31. The predicted molar refractivity (Wildman–Crippen MR) is 91.4 cm³/mol. The molecule has 0 bridgehead atoms. The van der Waals surface area contributed by atoms with Crippen molar-refractivity contribution in [2.24, 2.45) is 0 Å². The lowest BCUT2D eigenvalue weighted by molar-refractivity contribution is -0.127. The maximum Gasteiger partial charge on any atom is 0.274 e. The first-order chi connectivity index (χ1) is 12.6. The summed E-state index contributed by atoms with van der Waals surface area (Å²) in [5.41, 5.74) is 0.0415. The zero-order chi connectivity index (χ0) is 18.5. The van der Waals surface area contributed by atoms with Crippen molar-refractivity contribution in [3.8, 4) is 23.1 Å². The van der Waals surface area contributed by atoms with Crippen molar-refractivity contribution in [1.82, 2.24) is 25.2 Å². The van der Waals surface area contributed by atoms with E-state index < -0.39 is 17.5 Å². The largest absolute Gasteiger partial charge is 0.501 e. The Morgan fingerprint density at radius 1 is 1.27 bits per heavy atom. The van der Waals surface area contributed by atoms with Gasteiger partial charge < -0.3 is 20.4 Å². The van der Waals surface area contributed by atoms with Gasteiger partial charge in [0.05, 0.1) is 0 Å². The quantitative estimate of drug-likeness (QED) is 0.649. The van der Waals surface area contributed by atoms with Gasteiger partial charge in [-0.05, 0) is 25.0 Å². The summed E-state index contributed by atoms with van der Waals surface area (Å²) in [6, 6.07) is 5.05. The molecule has 0 atom stereocenters. The average molecular weight is 357 g/mol. The molecule has 136 valence electrons. The molecule has 0 spiro atoms. The molecule has 2 aromatic rings. The lowest BCUT2D eigenvalue weighted by Gasteiger charge is -2.15. The highest BCUT2D eigenvalue weighted by atomic mass is 16.3. The summed E-state index contributed by atoms with van der Waals surface area (Å²) in [7, 11) is 0. The van der Waals surface area contributed by atoms with Crippen LogP contribution in [0.5, 0.6) is 11.6 Å². The van der Waals surface area contributed by atoms with Gasteiger partial charge in [-0.2, -0.15) is 4.98 Å². The Morgan fingerprint density at radius 3 is 2.81 bits per heavy atom. The third-order valence-electron chi connectivity index (χ3n) is 4.04. The number of carbonyl (C=O) groups excluding carboxylic acids is 2. The van der Waals surface area contributed by atoms with Crippen LogP contribution in [-0.2, 0) is 4.79 Å². The van der Waals surface area contributed by atoms with Crippen LogP contribution in [0.3, 0.4) is 0 Å². The number of rotatable bonds is 6. The van der Waals surface area contributed by atoms with Gasteiger partial charge >= 0.3 is 0 Å². The van der Waals surface area contributed by atoms with Gasteiger partial charge in [0.1, 0.15) is 5.69 Å². The maximum atomic E-state index is 12.3. The normalized spacial score (nSPS) is 13.8. The summed E-state index contributed by atoms with van der Waals surface area (Å²) in [5, 5.41) is 22.3. The molecule has 2 amide bonds. The van der Waals surface area contributed by atoms with Gasteiger partial charge in [-0.3, -0.25) is 14.6 Å². The molecule has 2 aromatic heterocycles. The topological polar surface area (TPSA) is 129 Å². The molecule has 0 unspecified atom stereocenters. The van der Waals surface area contributed by atoms with Gasteiger partial charge in [0.15, 0.2) is 11.5 Å². The van der Waals surface area contributed by atoms with Crippen LogP contribution < -0.4 is 5.32 Å². The molecule has 9 nitrogen and oxygen atoms in total. The first-order valence-electron chi connectivity index (χ1n) is 8.33. The number of pyridine rings is 1. The van der Waals surface area contributed by atoms with Gasteiger partial charge in [-0.15, -0.1) is 0 Å². The van der Waals surface area contributed by atoms with E-state index in [9.17, 15) is 19.8 Å². The molecule has 26 heavy (non-hydrogen) atoms. The molecule has 3 N–H and O–H groups in total. The van der Waals surface area contributed by atoms with Gasteiger partial charge in [0, 0.05) is 32.3 Å². The van der Waals surface area contributed by atoms with Gasteiger partial charge in [0.2, 0.25) is 11.7 Å². The highest BCUT2D eigenvalue weighted by Crippen LogP contribution is 2.27. The smallest absolute Gasteiger partial charge is 0.274 e. The Bertz CT molecular complexity index is 812. The monoisotopic (exact) mass is 357 g/mol. The van der Waals surface area contributed by atoms with E-state index in [2.05, 4.69) is 20.3 Å². The lowest BCUT2D eigenvalue weighted by atomic mass is 10.3. The van der Waals surface area contributed by atoms with Crippen LogP contribution in [0.15, 0.2) is 24.4 Å². The summed E-state index contributed by atoms with van der Waals surface area (Å²) in [6.45, 7) is 1.63. The second kappa shape index (κ2) is 7.77. The summed E-state index contributed by atoms with van der Waals surface area (Å²) in [4.78, 5) is 37.4. The molecule has 1 aliphatic rings. The number of likely N-dealkylation sites (tertiary alicyclic amines) is 1. The number of carbonyl (C=O) groups is 2. The predicted octanol–water partition coefficient (Wildman–Crippen LogP) is 0.692. The number of hydrogen-bond acceptors (Lipinski definition) is 7. The van der Waals surface area contributed by atoms with Gasteiger partial charge in [-0.1, -0.05) is 6.07 Å². The summed E-state index contributed by atoms with van der Waals surface area (Å²) < 4.78 is 0. The number of aromatic nitrogens is 3. The third-order valence-corrected chi connectivity index (χ3v) is 4.04. The van der Waals surface area contributed by atoms with Crippen LogP contribution in [0.2, 0.25) is 0 Å². The first-order valence-corrected chi connectivity index (χ1v) is 8.33. The van der Waals surface area contributed by atoms with Crippen LogP contribution in [-0.4, -0.2) is 61.5 Å². The van der Waals surface area contributed by atoms with E-state index in [1.54, 1.807) is 23.1 Å². The van der Waals surface area contributed by atoms with Gasteiger partial charge in [-0.25, -0.2) is 4.98 Å². The molecular weight excluding hydrogens is 338 g/mol. The molecule has 0 aromatic carbocycles. The number of amides is 2. The van der Waals surface area contributed by atoms with Crippen molar-refractivity contribution in [2.45, 2.75) is 19.3 Å². The molecule has 1 saturated heterocycles. The highest BCUT2D eigenvalue weighted by Gasteiger charge is 2.21. The fourth-order valence-electron chi connectivity index (χ4n) is 2.71. The van der Waals surface area contributed by atoms with E-state index in [4.69, 9.17) is 0 Å². The van der Waals surface area contributed by atoms with Gasteiger partial charge in [0.25, 0.3) is 11.8 Å².